The molecule has 3 N–H and O–H groups in total. The quantitative estimate of drug-likeness (QED) is 0.620. The maximum atomic E-state index is 11.0. The van der Waals surface area contributed by atoms with E-state index in [0.29, 0.717) is 17.7 Å². The molecule has 2 unspecified atom stereocenters. The minimum atomic E-state index is -0.261. The summed E-state index contributed by atoms with van der Waals surface area (Å²) in [5.41, 5.74) is 7.74. The van der Waals surface area contributed by atoms with E-state index in [4.69, 9.17) is 15.7 Å². The van der Waals surface area contributed by atoms with Crippen molar-refractivity contribution in [2.75, 3.05) is 12.3 Å². The van der Waals surface area contributed by atoms with E-state index in [2.05, 4.69) is 11.4 Å². The van der Waals surface area contributed by atoms with Crippen molar-refractivity contribution in [2.45, 2.75) is 31.9 Å². The number of hydrogen-bond acceptors (Lipinski definition) is 5. The highest BCUT2D eigenvalue weighted by Crippen LogP contribution is 2.28. The van der Waals surface area contributed by atoms with E-state index in [1.54, 1.807) is 12.1 Å². The van der Waals surface area contributed by atoms with E-state index in [-0.39, 0.29) is 18.1 Å². The molecule has 0 saturated carbocycles. The lowest BCUT2D eigenvalue weighted by molar-refractivity contribution is -0.147. The summed E-state index contributed by atoms with van der Waals surface area (Å²) in [4.78, 5) is 11.0. The first-order chi connectivity index (χ1) is 9.10. The Kier molecular flexibility index (Phi) is 4.03. The molecule has 1 aromatic rings. The number of anilines is 1. The minimum absolute atomic E-state index is 0.0216. The summed E-state index contributed by atoms with van der Waals surface area (Å²) in [6.07, 6.45) is 1.39. The van der Waals surface area contributed by atoms with Crippen molar-refractivity contribution in [3.63, 3.8) is 0 Å². The highest BCUT2D eigenvalue weighted by molar-refractivity contribution is 5.66. The van der Waals surface area contributed by atoms with Crippen molar-refractivity contribution >= 4 is 11.7 Å². The normalized spacial score (nSPS) is 22.5. The van der Waals surface area contributed by atoms with Crippen molar-refractivity contribution in [3.05, 3.63) is 29.3 Å². The first-order valence-electron chi connectivity index (χ1n) is 6.30. The van der Waals surface area contributed by atoms with Crippen LogP contribution in [-0.4, -0.2) is 18.6 Å². The topological polar surface area (TPSA) is 88.1 Å². The zero-order valence-corrected chi connectivity index (χ0v) is 10.8. The standard InChI is InChI=1S/C14H17N3O2/c1-9(18)19-12-4-5-17-14(7-12)13-3-2-11(16)6-10(13)8-15/h2-3,6,12,14,17H,4-5,7,16H2,1H3. The number of nitrogens with two attached hydrogens (primary N) is 1. The summed E-state index contributed by atoms with van der Waals surface area (Å²) in [5, 5.41) is 12.5. The molecule has 0 radical (unpaired) electrons. The molecule has 0 aliphatic carbocycles. The van der Waals surface area contributed by atoms with Gasteiger partial charge in [0.1, 0.15) is 6.10 Å². The van der Waals surface area contributed by atoms with E-state index < -0.39 is 0 Å². The third kappa shape index (κ3) is 3.24. The molecule has 0 bridgehead atoms. The van der Waals surface area contributed by atoms with Gasteiger partial charge >= 0.3 is 5.97 Å². The van der Waals surface area contributed by atoms with Gasteiger partial charge in [-0.2, -0.15) is 5.26 Å². The van der Waals surface area contributed by atoms with Gasteiger partial charge in [-0.1, -0.05) is 6.07 Å². The molecular weight excluding hydrogens is 242 g/mol. The van der Waals surface area contributed by atoms with Crippen LogP contribution in [0.3, 0.4) is 0 Å². The predicted molar refractivity (Wildman–Crippen MR) is 71.1 cm³/mol. The lowest BCUT2D eigenvalue weighted by Gasteiger charge is -2.30. The van der Waals surface area contributed by atoms with Gasteiger partial charge in [0.15, 0.2) is 0 Å². The van der Waals surface area contributed by atoms with E-state index in [1.807, 2.05) is 6.07 Å². The molecule has 1 aliphatic heterocycles. The van der Waals surface area contributed by atoms with Gasteiger partial charge in [-0.3, -0.25) is 4.79 Å². The lowest BCUT2D eigenvalue weighted by atomic mass is 9.92. The van der Waals surface area contributed by atoms with Crippen LogP contribution in [0.5, 0.6) is 0 Å². The average Bonchev–Trinajstić information content (AvgIpc) is 2.38. The molecule has 0 aromatic heterocycles. The molecule has 19 heavy (non-hydrogen) atoms. The fourth-order valence-electron chi connectivity index (χ4n) is 2.44. The molecule has 2 atom stereocenters. The molecule has 1 fully saturated rings. The van der Waals surface area contributed by atoms with E-state index in [1.165, 1.54) is 6.92 Å². The average molecular weight is 259 g/mol. The Morgan fingerprint density at radius 2 is 2.37 bits per heavy atom. The fourth-order valence-corrected chi connectivity index (χ4v) is 2.44. The number of nitriles is 1. The van der Waals surface area contributed by atoms with Gasteiger partial charge in [0, 0.05) is 25.1 Å². The Balaban J connectivity index is 2.17. The monoisotopic (exact) mass is 259 g/mol. The maximum absolute atomic E-state index is 11.0. The molecular formula is C14H17N3O2. The number of nitrogens with one attached hydrogen (secondary N) is 1. The SMILES string of the molecule is CC(=O)OC1CCNC(c2ccc(N)cc2C#N)C1. The van der Waals surface area contributed by atoms with Gasteiger partial charge in [0.2, 0.25) is 0 Å². The number of piperidine rings is 1. The van der Waals surface area contributed by atoms with Crippen molar-refractivity contribution in [3.8, 4) is 6.07 Å². The number of carbonyl (C=O) groups excluding carboxylic acids is 1. The first-order valence-corrected chi connectivity index (χ1v) is 6.30. The number of esters is 1. The van der Waals surface area contributed by atoms with Gasteiger partial charge in [-0.05, 0) is 30.7 Å². The Morgan fingerprint density at radius 3 is 3.05 bits per heavy atom. The predicted octanol–water partition coefficient (Wildman–Crippen LogP) is 1.50. The zero-order chi connectivity index (χ0) is 13.8. The minimum Gasteiger partial charge on any atom is -0.462 e. The Morgan fingerprint density at radius 1 is 1.58 bits per heavy atom. The van der Waals surface area contributed by atoms with Crippen LogP contribution in [0.15, 0.2) is 18.2 Å². The zero-order valence-electron chi connectivity index (χ0n) is 10.8. The second-order valence-electron chi connectivity index (χ2n) is 4.72. The number of benzene rings is 1. The van der Waals surface area contributed by atoms with Gasteiger partial charge in [0.05, 0.1) is 11.6 Å². The number of carbonyl (C=O) groups is 1. The summed E-state index contributed by atoms with van der Waals surface area (Å²) in [6, 6.07) is 7.50. The molecule has 1 aliphatic rings. The number of ether oxygens (including phenoxy) is 1. The Hall–Kier alpha value is -2.06. The summed E-state index contributed by atoms with van der Waals surface area (Å²) in [6.45, 7) is 2.18. The van der Waals surface area contributed by atoms with Gasteiger partial charge in [0.25, 0.3) is 0 Å². The van der Waals surface area contributed by atoms with E-state index in [9.17, 15) is 4.79 Å². The fraction of sp³-hybridized carbons (Fsp3) is 0.429. The molecule has 0 amide bonds. The van der Waals surface area contributed by atoms with Crippen molar-refractivity contribution in [1.29, 1.82) is 5.26 Å². The highest BCUT2D eigenvalue weighted by Gasteiger charge is 2.26. The highest BCUT2D eigenvalue weighted by atomic mass is 16.5. The molecule has 1 heterocycles. The smallest absolute Gasteiger partial charge is 0.302 e. The van der Waals surface area contributed by atoms with Gasteiger partial charge < -0.3 is 15.8 Å². The van der Waals surface area contributed by atoms with Crippen molar-refractivity contribution in [2.24, 2.45) is 0 Å². The Labute approximate surface area is 112 Å². The van der Waals surface area contributed by atoms with Gasteiger partial charge in [-0.25, -0.2) is 0 Å². The summed E-state index contributed by atoms with van der Waals surface area (Å²) >= 11 is 0. The van der Waals surface area contributed by atoms with Crippen LogP contribution >= 0.6 is 0 Å². The van der Waals surface area contributed by atoms with E-state index >= 15 is 0 Å². The molecule has 2 rings (SSSR count). The molecule has 1 aromatic carbocycles. The molecule has 5 nitrogen and oxygen atoms in total. The third-order valence-corrected chi connectivity index (χ3v) is 3.26. The maximum Gasteiger partial charge on any atom is 0.302 e. The number of hydrogen-bond donors (Lipinski definition) is 2. The number of nitrogen functional groups attached to an aromatic ring is 1. The van der Waals surface area contributed by atoms with Crippen LogP contribution in [0, 0.1) is 11.3 Å². The summed E-state index contributed by atoms with van der Waals surface area (Å²) < 4.78 is 5.25. The third-order valence-electron chi connectivity index (χ3n) is 3.26. The van der Waals surface area contributed by atoms with Gasteiger partial charge in [-0.15, -0.1) is 0 Å². The Bertz CT molecular complexity index is 522. The first kappa shape index (κ1) is 13.4. The van der Waals surface area contributed by atoms with E-state index in [0.717, 1.165) is 18.5 Å². The molecule has 1 saturated heterocycles. The van der Waals surface area contributed by atoms with Crippen molar-refractivity contribution in [1.82, 2.24) is 5.32 Å². The molecule has 0 spiro atoms. The van der Waals surface area contributed by atoms with Crippen LogP contribution in [0.4, 0.5) is 5.69 Å². The van der Waals surface area contributed by atoms with Crippen LogP contribution in [0.25, 0.3) is 0 Å². The summed E-state index contributed by atoms with van der Waals surface area (Å²) in [5.74, 6) is -0.261. The largest absolute Gasteiger partial charge is 0.462 e. The molecule has 100 valence electrons. The van der Waals surface area contributed by atoms with Crippen LogP contribution in [-0.2, 0) is 9.53 Å². The van der Waals surface area contributed by atoms with Crippen LogP contribution in [0.2, 0.25) is 0 Å². The van der Waals surface area contributed by atoms with Crippen LogP contribution < -0.4 is 11.1 Å². The molecule has 5 heteroatoms. The van der Waals surface area contributed by atoms with Crippen molar-refractivity contribution < 1.29 is 9.53 Å². The summed E-state index contributed by atoms with van der Waals surface area (Å²) in [7, 11) is 0. The number of rotatable bonds is 2. The number of nitrogens with zero attached hydrogens (tertiary/aromatic N) is 1. The second-order valence-corrected chi connectivity index (χ2v) is 4.72. The van der Waals surface area contributed by atoms with Crippen LogP contribution in [0.1, 0.15) is 36.9 Å². The lowest BCUT2D eigenvalue weighted by Crippen LogP contribution is -2.36. The second kappa shape index (κ2) is 5.72.